The van der Waals surface area contributed by atoms with Crippen molar-refractivity contribution in [2.75, 3.05) is 13.7 Å². The standard InChI is InChI=1S/C31H28N2O5S/c1-4-37-30(35)27-20(2)32-31-33(28(27)24-12-8-9-13-25(24)36-3)29(34)26(39-31)18-21-14-16-23(17-15-21)38-19-22-10-6-5-7-11-22/h5-18,28H,4,19H2,1-3H3/b26-18+/t28-/m0/s1. The molecule has 0 unspecified atom stereocenters. The quantitative estimate of drug-likeness (QED) is 0.310. The Hall–Kier alpha value is -4.43. The number of para-hydroxylation sites is 1. The lowest BCUT2D eigenvalue weighted by atomic mass is 9.95. The zero-order valence-corrected chi connectivity index (χ0v) is 22.7. The summed E-state index contributed by atoms with van der Waals surface area (Å²) < 4.78 is 18.9. The highest BCUT2D eigenvalue weighted by atomic mass is 32.1. The predicted octanol–water partition coefficient (Wildman–Crippen LogP) is 4.39. The van der Waals surface area contributed by atoms with Crippen molar-refractivity contribution >= 4 is 23.4 Å². The highest BCUT2D eigenvalue weighted by Gasteiger charge is 2.34. The van der Waals surface area contributed by atoms with Gasteiger partial charge in [-0.2, -0.15) is 0 Å². The van der Waals surface area contributed by atoms with E-state index in [0.717, 1.165) is 16.9 Å². The monoisotopic (exact) mass is 540 g/mol. The van der Waals surface area contributed by atoms with Crippen molar-refractivity contribution in [1.82, 2.24) is 4.57 Å². The molecule has 1 atom stereocenters. The van der Waals surface area contributed by atoms with Crippen molar-refractivity contribution in [3.8, 4) is 11.5 Å². The summed E-state index contributed by atoms with van der Waals surface area (Å²) >= 11 is 1.28. The van der Waals surface area contributed by atoms with Gasteiger partial charge in [-0.1, -0.05) is 72.0 Å². The predicted molar refractivity (Wildman–Crippen MR) is 151 cm³/mol. The van der Waals surface area contributed by atoms with Gasteiger partial charge in [0.25, 0.3) is 5.56 Å². The summed E-state index contributed by atoms with van der Waals surface area (Å²) in [6, 6.07) is 24.2. The number of ether oxygens (including phenoxy) is 3. The molecule has 0 spiro atoms. The second-order valence-corrected chi connectivity index (χ2v) is 9.90. The van der Waals surface area contributed by atoms with Crippen LogP contribution in [0.3, 0.4) is 0 Å². The molecule has 0 radical (unpaired) electrons. The first-order valence-electron chi connectivity index (χ1n) is 12.6. The number of rotatable bonds is 8. The number of thiazole rings is 1. The molecule has 0 fully saturated rings. The maximum atomic E-state index is 13.8. The van der Waals surface area contributed by atoms with Crippen LogP contribution in [0.2, 0.25) is 0 Å². The molecule has 198 valence electrons. The third-order valence-electron chi connectivity index (χ3n) is 6.38. The third-order valence-corrected chi connectivity index (χ3v) is 7.36. The van der Waals surface area contributed by atoms with Crippen molar-refractivity contribution in [1.29, 1.82) is 0 Å². The number of fused-ring (bicyclic) bond motifs is 1. The van der Waals surface area contributed by atoms with E-state index in [1.165, 1.54) is 11.3 Å². The first kappa shape index (κ1) is 26.2. The number of carbonyl (C=O) groups is 1. The van der Waals surface area contributed by atoms with Crippen LogP contribution in [0, 0.1) is 0 Å². The normalized spacial score (nSPS) is 14.9. The summed E-state index contributed by atoms with van der Waals surface area (Å²) in [5.41, 5.74) is 3.21. The number of methoxy groups -OCH3 is 1. The SMILES string of the molecule is CCOC(=O)C1=C(C)N=c2s/c(=C/c3ccc(OCc4ccccc4)cc3)c(=O)n2[C@H]1c1ccccc1OC. The molecule has 0 bridgehead atoms. The van der Waals surface area contributed by atoms with E-state index >= 15 is 0 Å². The Bertz CT molecular complexity index is 1700. The number of allylic oxidation sites excluding steroid dienone is 1. The van der Waals surface area contributed by atoms with Crippen LogP contribution in [0.5, 0.6) is 11.5 Å². The largest absolute Gasteiger partial charge is 0.496 e. The molecule has 4 aromatic rings. The van der Waals surface area contributed by atoms with Gasteiger partial charge in [-0.15, -0.1) is 0 Å². The fourth-order valence-electron chi connectivity index (χ4n) is 4.53. The van der Waals surface area contributed by atoms with E-state index in [2.05, 4.69) is 4.99 Å². The number of carbonyl (C=O) groups excluding carboxylic acids is 1. The van der Waals surface area contributed by atoms with E-state index in [4.69, 9.17) is 14.2 Å². The number of hydrogen-bond donors (Lipinski definition) is 0. The van der Waals surface area contributed by atoms with Crippen LogP contribution in [0.15, 0.2) is 99.9 Å². The number of benzene rings is 3. The molecule has 1 aliphatic heterocycles. The highest BCUT2D eigenvalue weighted by molar-refractivity contribution is 7.07. The minimum Gasteiger partial charge on any atom is -0.496 e. The number of esters is 1. The summed E-state index contributed by atoms with van der Waals surface area (Å²) in [5, 5.41) is 0. The maximum absolute atomic E-state index is 13.8. The van der Waals surface area contributed by atoms with Crippen LogP contribution in [-0.4, -0.2) is 24.3 Å². The van der Waals surface area contributed by atoms with Crippen LogP contribution < -0.4 is 24.4 Å². The average molecular weight is 541 g/mol. The summed E-state index contributed by atoms with van der Waals surface area (Å²) in [4.78, 5) is 32.0. The van der Waals surface area contributed by atoms with Crippen LogP contribution in [0.1, 0.15) is 36.6 Å². The average Bonchev–Trinajstić information content (AvgIpc) is 3.26. The molecule has 0 amide bonds. The lowest BCUT2D eigenvalue weighted by Crippen LogP contribution is -2.40. The van der Waals surface area contributed by atoms with Gasteiger partial charge in [0.05, 0.1) is 29.5 Å². The van der Waals surface area contributed by atoms with Gasteiger partial charge in [0.2, 0.25) is 0 Å². The molecule has 39 heavy (non-hydrogen) atoms. The van der Waals surface area contributed by atoms with Crippen molar-refractivity contribution in [3.05, 3.63) is 127 Å². The lowest BCUT2D eigenvalue weighted by Gasteiger charge is -2.25. The minimum absolute atomic E-state index is 0.212. The Morgan fingerprint density at radius 1 is 1.03 bits per heavy atom. The highest BCUT2D eigenvalue weighted by Crippen LogP contribution is 2.35. The summed E-state index contributed by atoms with van der Waals surface area (Å²) in [6.07, 6.45) is 1.83. The Balaban J connectivity index is 1.53. The minimum atomic E-state index is -0.729. The zero-order chi connectivity index (χ0) is 27.4. The van der Waals surface area contributed by atoms with E-state index < -0.39 is 12.0 Å². The van der Waals surface area contributed by atoms with Crippen LogP contribution in [0.4, 0.5) is 0 Å². The molecule has 0 saturated heterocycles. The number of nitrogens with zero attached hydrogens (tertiary/aromatic N) is 2. The molecule has 1 aromatic heterocycles. The van der Waals surface area contributed by atoms with Crippen molar-refractivity contribution in [2.45, 2.75) is 26.5 Å². The van der Waals surface area contributed by atoms with Gasteiger partial charge in [-0.25, -0.2) is 9.79 Å². The maximum Gasteiger partial charge on any atom is 0.338 e. The van der Waals surface area contributed by atoms with Gasteiger partial charge >= 0.3 is 5.97 Å². The van der Waals surface area contributed by atoms with Crippen molar-refractivity contribution in [2.24, 2.45) is 4.99 Å². The van der Waals surface area contributed by atoms with Gasteiger partial charge in [0.1, 0.15) is 24.1 Å². The second kappa shape index (κ2) is 11.5. The van der Waals surface area contributed by atoms with Crippen LogP contribution in [-0.2, 0) is 16.1 Å². The smallest absolute Gasteiger partial charge is 0.338 e. The van der Waals surface area contributed by atoms with E-state index in [-0.39, 0.29) is 12.2 Å². The van der Waals surface area contributed by atoms with Crippen LogP contribution in [0.25, 0.3) is 6.08 Å². The molecule has 3 aromatic carbocycles. The molecule has 5 rings (SSSR count). The van der Waals surface area contributed by atoms with Crippen molar-refractivity contribution in [3.63, 3.8) is 0 Å². The fraction of sp³-hybridized carbons (Fsp3) is 0.194. The Labute approximate surface area is 229 Å². The summed E-state index contributed by atoms with van der Waals surface area (Å²) in [5.74, 6) is 0.804. The van der Waals surface area contributed by atoms with Gasteiger partial charge in [0, 0.05) is 5.56 Å². The molecule has 0 aliphatic carbocycles. The summed E-state index contributed by atoms with van der Waals surface area (Å²) in [7, 11) is 1.57. The van der Waals surface area contributed by atoms with Gasteiger partial charge in [-0.05, 0) is 49.2 Å². The van der Waals surface area contributed by atoms with E-state index in [1.807, 2.05) is 84.9 Å². The van der Waals surface area contributed by atoms with E-state index in [0.29, 0.717) is 38.5 Å². The fourth-order valence-corrected chi connectivity index (χ4v) is 5.58. The van der Waals surface area contributed by atoms with Crippen LogP contribution >= 0.6 is 11.3 Å². The molecular formula is C31H28N2O5S. The molecular weight excluding hydrogens is 512 g/mol. The van der Waals surface area contributed by atoms with Gasteiger partial charge in [-0.3, -0.25) is 9.36 Å². The van der Waals surface area contributed by atoms with E-state index in [9.17, 15) is 9.59 Å². The number of hydrogen-bond acceptors (Lipinski definition) is 7. The molecule has 8 heteroatoms. The zero-order valence-electron chi connectivity index (χ0n) is 21.9. The molecule has 0 N–H and O–H groups in total. The lowest BCUT2D eigenvalue weighted by molar-refractivity contribution is -0.139. The Kier molecular flexibility index (Phi) is 7.74. The topological polar surface area (TPSA) is 79.1 Å². The van der Waals surface area contributed by atoms with Gasteiger partial charge < -0.3 is 14.2 Å². The molecule has 7 nitrogen and oxygen atoms in total. The third kappa shape index (κ3) is 5.42. The summed E-state index contributed by atoms with van der Waals surface area (Å²) in [6.45, 7) is 4.20. The Morgan fingerprint density at radius 3 is 2.46 bits per heavy atom. The first-order valence-corrected chi connectivity index (χ1v) is 13.4. The molecule has 1 aliphatic rings. The van der Waals surface area contributed by atoms with E-state index in [1.54, 1.807) is 25.5 Å². The Morgan fingerprint density at radius 2 is 1.74 bits per heavy atom. The first-order chi connectivity index (χ1) is 19.0. The van der Waals surface area contributed by atoms with Crippen molar-refractivity contribution < 1.29 is 19.0 Å². The number of aromatic nitrogens is 1. The second-order valence-electron chi connectivity index (χ2n) is 8.89. The molecule has 2 heterocycles. The van der Waals surface area contributed by atoms with Gasteiger partial charge in [0.15, 0.2) is 4.80 Å². The molecule has 0 saturated carbocycles.